The Morgan fingerprint density at radius 1 is 1.45 bits per heavy atom. The average molecular weight is 157 g/mol. The molecule has 66 valence electrons. The number of guanidine groups is 1. The predicted molar refractivity (Wildman–Crippen MR) is 48.9 cm³/mol. The molecule has 0 unspecified atom stereocenters. The van der Waals surface area contributed by atoms with E-state index < -0.39 is 0 Å². The van der Waals surface area contributed by atoms with E-state index in [9.17, 15) is 0 Å². The van der Waals surface area contributed by atoms with Crippen LogP contribution in [0.3, 0.4) is 0 Å². The Bertz CT molecular complexity index is 119. The minimum Gasteiger partial charge on any atom is -0.359 e. The molecule has 0 spiro atoms. The van der Waals surface area contributed by atoms with E-state index in [1.165, 1.54) is 0 Å². The zero-order chi connectivity index (χ0) is 8.85. The number of nitrogens with one attached hydrogen (secondary N) is 2. The molecular weight excluding hydrogens is 138 g/mol. The summed E-state index contributed by atoms with van der Waals surface area (Å²) in [6.07, 6.45) is 2.19. The Morgan fingerprint density at radius 3 is 2.18 bits per heavy atom. The first-order valence-corrected chi connectivity index (χ1v) is 4.16. The SMILES string of the molecule is CCC(CC)N(C)C(=N)NC. The molecule has 0 atom stereocenters. The van der Waals surface area contributed by atoms with Gasteiger partial charge in [0.2, 0.25) is 0 Å². The highest BCUT2D eigenvalue weighted by Crippen LogP contribution is 2.04. The van der Waals surface area contributed by atoms with E-state index in [1.807, 2.05) is 11.9 Å². The van der Waals surface area contributed by atoms with Crippen LogP contribution in [-0.4, -0.2) is 31.0 Å². The summed E-state index contributed by atoms with van der Waals surface area (Å²) < 4.78 is 0. The molecule has 11 heavy (non-hydrogen) atoms. The van der Waals surface area contributed by atoms with Crippen LogP contribution in [0.15, 0.2) is 0 Å². The Labute approximate surface area is 69.3 Å². The summed E-state index contributed by atoms with van der Waals surface area (Å²) in [5.74, 6) is 0.499. The van der Waals surface area contributed by atoms with Crippen LogP contribution in [0, 0.1) is 5.41 Å². The predicted octanol–water partition coefficient (Wildman–Crippen LogP) is 1.26. The molecule has 0 amide bonds. The van der Waals surface area contributed by atoms with Crippen molar-refractivity contribution in [2.24, 2.45) is 0 Å². The fraction of sp³-hybridized carbons (Fsp3) is 0.875. The zero-order valence-electron chi connectivity index (χ0n) is 7.94. The third-order valence-corrected chi connectivity index (χ3v) is 2.08. The number of nitrogens with zero attached hydrogens (tertiary/aromatic N) is 1. The van der Waals surface area contributed by atoms with Crippen molar-refractivity contribution >= 4 is 5.96 Å². The van der Waals surface area contributed by atoms with Gasteiger partial charge in [-0.3, -0.25) is 5.41 Å². The van der Waals surface area contributed by atoms with Crippen LogP contribution in [0.25, 0.3) is 0 Å². The smallest absolute Gasteiger partial charge is 0.190 e. The molecule has 0 aromatic heterocycles. The summed E-state index contributed by atoms with van der Waals surface area (Å²) in [6, 6.07) is 0.495. The highest BCUT2D eigenvalue weighted by Gasteiger charge is 2.11. The molecule has 0 radical (unpaired) electrons. The van der Waals surface area contributed by atoms with E-state index in [0.717, 1.165) is 12.8 Å². The summed E-state index contributed by atoms with van der Waals surface area (Å²) in [5.41, 5.74) is 0. The Balaban J connectivity index is 3.97. The molecule has 0 rings (SSSR count). The molecule has 0 aliphatic carbocycles. The van der Waals surface area contributed by atoms with E-state index in [-0.39, 0.29) is 0 Å². The third-order valence-electron chi connectivity index (χ3n) is 2.08. The van der Waals surface area contributed by atoms with Crippen LogP contribution >= 0.6 is 0 Å². The van der Waals surface area contributed by atoms with E-state index in [0.29, 0.717) is 12.0 Å². The molecule has 0 saturated carbocycles. The van der Waals surface area contributed by atoms with E-state index in [2.05, 4.69) is 19.2 Å². The molecule has 0 heterocycles. The molecular formula is C8H19N3. The van der Waals surface area contributed by atoms with E-state index in [4.69, 9.17) is 5.41 Å². The van der Waals surface area contributed by atoms with Gasteiger partial charge in [-0.25, -0.2) is 0 Å². The average Bonchev–Trinajstić information content (AvgIpc) is 2.05. The minimum atomic E-state index is 0.495. The van der Waals surface area contributed by atoms with Crippen LogP contribution in [0.4, 0.5) is 0 Å². The van der Waals surface area contributed by atoms with Gasteiger partial charge in [0, 0.05) is 20.1 Å². The maximum atomic E-state index is 7.50. The summed E-state index contributed by atoms with van der Waals surface area (Å²) >= 11 is 0. The normalized spacial score (nSPS) is 9.91. The van der Waals surface area contributed by atoms with Gasteiger partial charge in [0.15, 0.2) is 5.96 Å². The van der Waals surface area contributed by atoms with Crippen molar-refractivity contribution in [2.45, 2.75) is 32.7 Å². The van der Waals surface area contributed by atoms with Crippen molar-refractivity contribution in [3.05, 3.63) is 0 Å². The van der Waals surface area contributed by atoms with Crippen LogP contribution in [-0.2, 0) is 0 Å². The van der Waals surface area contributed by atoms with Gasteiger partial charge in [-0.05, 0) is 12.8 Å². The molecule has 0 fully saturated rings. The van der Waals surface area contributed by atoms with Gasteiger partial charge in [-0.15, -0.1) is 0 Å². The van der Waals surface area contributed by atoms with Gasteiger partial charge in [-0.2, -0.15) is 0 Å². The second-order valence-corrected chi connectivity index (χ2v) is 2.68. The molecule has 0 bridgehead atoms. The lowest BCUT2D eigenvalue weighted by Gasteiger charge is -2.27. The zero-order valence-corrected chi connectivity index (χ0v) is 7.94. The number of hydrogen-bond donors (Lipinski definition) is 2. The fourth-order valence-corrected chi connectivity index (χ4v) is 1.20. The van der Waals surface area contributed by atoms with Gasteiger partial charge < -0.3 is 10.2 Å². The van der Waals surface area contributed by atoms with Gasteiger partial charge in [0.05, 0.1) is 0 Å². The first-order chi connectivity index (χ1) is 5.17. The summed E-state index contributed by atoms with van der Waals surface area (Å²) in [6.45, 7) is 4.29. The van der Waals surface area contributed by atoms with E-state index in [1.54, 1.807) is 7.05 Å². The Hall–Kier alpha value is -0.730. The summed E-state index contributed by atoms with van der Waals surface area (Å²) in [4.78, 5) is 1.97. The molecule has 0 aromatic carbocycles. The molecule has 2 N–H and O–H groups in total. The molecule has 0 saturated heterocycles. The van der Waals surface area contributed by atoms with Gasteiger partial charge in [0.25, 0.3) is 0 Å². The standard InChI is InChI=1S/C8H19N3/c1-5-7(6-2)11(4)8(9)10-3/h7H,5-6H2,1-4H3,(H2,9,10). The molecule has 0 aromatic rings. The van der Waals surface area contributed by atoms with E-state index >= 15 is 0 Å². The van der Waals surface area contributed by atoms with Crippen LogP contribution < -0.4 is 5.32 Å². The Morgan fingerprint density at radius 2 is 1.91 bits per heavy atom. The van der Waals surface area contributed by atoms with Crippen molar-refractivity contribution in [3.63, 3.8) is 0 Å². The van der Waals surface area contributed by atoms with Crippen molar-refractivity contribution in [1.82, 2.24) is 10.2 Å². The molecule has 3 nitrogen and oxygen atoms in total. The lowest BCUT2D eigenvalue weighted by atomic mass is 10.1. The van der Waals surface area contributed by atoms with Gasteiger partial charge in [-0.1, -0.05) is 13.8 Å². The molecule has 3 heteroatoms. The van der Waals surface area contributed by atoms with Crippen LogP contribution in [0.5, 0.6) is 0 Å². The van der Waals surface area contributed by atoms with Crippen molar-refractivity contribution in [3.8, 4) is 0 Å². The summed E-state index contributed by atoms with van der Waals surface area (Å²) in [5, 5.41) is 10.3. The summed E-state index contributed by atoms with van der Waals surface area (Å²) in [7, 11) is 3.73. The number of hydrogen-bond acceptors (Lipinski definition) is 1. The second-order valence-electron chi connectivity index (χ2n) is 2.68. The quantitative estimate of drug-likeness (QED) is 0.478. The maximum absolute atomic E-state index is 7.50. The van der Waals surface area contributed by atoms with Crippen molar-refractivity contribution < 1.29 is 0 Å². The number of rotatable bonds is 3. The largest absolute Gasteiger partial charge is 0.359 e. The van der Waals surface area contributed by atoms with Crippen LogP contribution in [0.1, 0.15) is 26.7 Å². The van der Waals surface area contributed by atoms with Crippen molar-refractivity contribution in [1.29, 1.82) is 5.41 Å². The lowest BCUT2D eigenvalue weighted by Crippen LogP contribution is -2.42. The lowest BCUT2D eigenvalue weighted by molar-refractivity contribution is 0.335. The van der Waals surface area contributed by atoms with Gasteiger partial charge >= 0.3 is 0 Å². The first-order valence-electron chi connectivity index (χ1n) is 4.16. The maximum Gasteiger partial charge on any atom is 0.190 e. The monoisotopic (exact) mass is 157 g/mol. The topological polar surface area (TPSA) is 39.1 Å². The van der Waals surface area contributed by atoms with Crippen LogP contribution in [0.2, 0.25) is 0 Å². The molecule has 0 aliphatic rings. The Kier molecular flexibility index (Phi) is 4.66. The fourth-order valence-electron chi connectivity index (χ4n) is 1.20. The first kappa shape index (κ1) is 10.3. The van der Waals surface area contributed by atoms with Crippen molar-refractivity contribution in [2.75, 3.05) is 14.1 Å². The second kappa shape index (κ2) is 4.99. The highest BCUT2D eigenvalue weighted by molar-refractivity contribution is 5.76. The molecule has 0 aliphatic heterocycles. The van der Waals surface area contributed by atoms with Gasteiger partial charge in [0.1, 0.15) is 0 Å². The third kappa shape index (κ3) is 2.78. The minimum absolute atomic E-state index is 0.495. The highest BCUT2D eigenvalue weighted by atomic mass is 15.3.